The summed E-state index contributed by atoms with van der Waals surface area (Å²) in [6.45, 7) is 2.26. The van der Waals surface area contributed by atoms with E-state index in [2.05, 4.69) is 38.8 Å². The van der Waals surface area contributed by atoms with Gasteiger partial charge in [-0.15, -0.1) is 0 Å². The van der Waals surface area contributed by atoms with Crippen LogP contribution in [0.3, 0.4) is 0 Å². The minimum absolute atomic E-state index is 0.0861. The van der Waals surface area contributed by atoms with Crippen molar-refractivity contribution in [3.8, 4) is 11.5 Å². The Kier molecular flexibility index (Phi) is 13.1. The van der Waals surface area contributed by atoms with E-state index in [4.69, 9.17) is 0 Å². The first-order valence-electron chi connectivity index (χ1n) is 10.4. The second-order valence-electron chi connectivity index (χ2n) is 7.33. The van der Waals surface area contributed by atoms with E-state index in [1.54, 1.807) is 0 Å². The second-order valence-corrected chi connectivity index (χ2v) is 8.98. The number of rotatable bonds is 15. The van der Waals surface area contributed by atoms with E-state index in [0.717, 1.165) is 12.8 Å². The van der Waals surface area contributed by atoms with Gasteiger partial charge in [0.05, 0.1) is 10.0 Å². The monoisotopic (exact) mass is 504 g/mol. The number of unbranched alkanes of at least 4 members (excludes halogenated alkanes) is 12. The Morgan fingerprint density at radius 2 is 1.22 bits per heavy atom. The van der Waals surface area contributed by atoms with Crippen molar-refractivity contribution < 1.29 is 15.0 Å². The number of ketones is 1. The highest BCUT2D eigenvalue weighted by atomic mass is 79.9. The van der Waals surface area contributed by atoms with Crippen molar-refractivity contribution in [2.24, 2.45) is 0 Å². The van der Waals surface area contributed by atoms with Crippen LogP contribution in [0.4, 0.5) is 0 Å². The highest BCUT2D eigenvalue weighted by Gasteiger charge is 2.18. The SMILES string of the molecule is CCCCCCCCCCCCCCCC(=O)c1cc(Br)c(O)c(Br)c1O. The molecule has 0 heterocycles. The predicted molar refractivity (Wildman–Crippen MR) is 120 cm³/mol. The lowest BCUT2D eigenvalue weighted by Gasteiger charge is -2.09. The number of carbonyl (C=O) groups is 1. The molecule has 1 rings (SSSR count). The number of phenolic OH excluding ortho intramolecular Hbond substituents is 2. The van der Waals surface area contributed by atoms with E-state index in [1.165, 1.54) is 76.7 Å². The van der Waals surface area contributed by atoms with Crippen molar-refractivity contribution >= 4 is 37.6 Å². The lowest BCUT2D eigenvalue weighted by Crippen LogP contribution is -2.00. The predicted octanol–water partition coefficient (Wildman–Crippen LogP) is 8.29. The number of carbonyl (C=O) groups excluding carboxylic acids is 1. The molecule has 1 aromatic rings. The summed E-state index contributed by atoms with van der Waals surface area (Å²) >= 11 is 6.31. The molecular formula is C22H34Br2O3. The zero-order valence-electron chi connectivity index (χ0n) is 16.5. The van der Waals surface area contributed by atoms with Crippen LogP contribution in [0, 0.1) is 0 Å². The normalized spacial score (nSPS) is 11.1. The van der Waals surface area contributed by atoms with E-state index in [0.29, 0.717) is 10.9 Å². The van der Waals surface area contributed by atoms with Crippen LogP contribution >= 0.6 is 31.9 Å². The van der Waals surface area contributed by atoms with Gasteiger partial charge in [-0.1, -0.05) is 84.0 Å². The van der Waals surface area contributed by atoms with Gasteiger partial charge < -0.3 is 10.2 Å². The van der Waals surface area contributed by atoms with Crippen molar-refractivity contribution in [1.29, 1.82) is 0 Å². The highest BCUT2D eigenvalue weighted by Crippen LogP contribution is 2.41. The molecule has 1 aromatic carbocycles. The maximum Gasteiger partial charge on any atom is 0.166 e. The molecule has 154 valence electrons. The number of hydrogen-bond acceptors (Lipinski definition) is 3. The lowest BCUT2D eigenvalue weighted by molar-refractivity contribution is 0.0976. The summed E-state index contributed by atoms with van der Waals surface area (Å²) in [6, 6.07) is 1.49. The first kappa shape index (κ1) is 24.5. The first-order chi connectivity index (χ1) is 13.0. The summed E-state index contributed by atoms with van der Waals surface area (Å²) in [7, 11) is 0. The average molecular weight is 506 g/mol. The van der Waals surface area contributed by atoms with Crippen molar-refractivity contribution in [3.05, 3.63) is 20.6 Å². The Labute approximate surface area is 181 Å². The van der Waals surface area contributed by atoms with Crippen molar-refractivity contribution in [1.82, 2.24) is 0 Å². The third-order valence-corrected chi connectivity index (χ3v) is 6.33. The van der Waals surface area contributed by atoms with E-state index < -0.39 is 0 Å². The summed E-state index contributed by atoms with van der Waals surface area (Å²) < 4.78 is 0.562. The van der Waals surface area contributed by atoms with E-state index >= 15 is 0 Å². The van der Waals surface area contributed by atoms with Crippen LogP contribution in [0.2, 0.25) is 0 Å². The van der Waals surface area contributed by atoms with Crippen LogP contribution in [-0.4, -0.2) is 16.0 Å². The van der Waals surface area contributed by atoms with Crippen molar-refractivity contribution in [2.45, 2.75) is 96.8 Å². The Hall–Kier alpha value is -0.550. The van der Waals surface area contributed by atoms with Gasteiger partial charge in [0.2, 0.25) is 0 Å². The Morgan fingerprint density at radius 1 is 0.778 bits per heavy atom. The number of halogens is 2. The molecule has 0 aliphatic rings. The summed E-state index contributed by atoms with van der Waals surface area (Å²) in [4.78, 5) is 12.3. The molecule has 0 unspecified atom stereocenters. The van der Waals surface area contributed by atoms with Crippen molar-refractivity contribution in [2.75, 3.05) is 0 Å². The van der Waals surface area contributed by atoms with Gasteiger partial charge in [-0.05, 0) is 44.3 Å². The smallest absolute Gasteiger partial charge is 0.166 e. The van der Waals surface area contributed by atoms with Crippen molar-refractivity contribution in [3.63, 3.8) is 0 Å². The van der Waals surface area contributed by atoms with Crippen LogP contribution < -0.4 is 0 Å². The molecular weight excluding hydrogens is 472 g/mol. The van der Waals surface area contributed by atoms with E-state index in [9.17, 15) is 15.0 Å². The molecule has 3 nitrogen and oxygen atoms in total. The summed E-state index contributed by atoms with van der Waals surface area (Å²) in [5, 5.41) is 19.8. The topological polar surface area (TPSA) is 57.5 Å². The molecule has 2 N–H and O–H groups in total. The largest absolute Gasteiger partial charge is 0.506 e. The zero-order chi connectivity index (χ0) is 20.1. The quantitative estimate of drug-likeness (QED) is 0.186. The first-order valence-corrected chi connectivity index (χ1v) is 12.0. The summed E-state index contributed by atoms with van der Waals surface area (Å²) in [5.74, 6) is -0.364. The molecule has 0 saturated heterocycles. The maximum absolute atomic E-state index is 12.3. The van der Waals surface area contributed by atoms with Gasteiger partial charge in [-0.2, -0.15) is 0 Å². The number of benzene rings is 1. The molecule has 0 fully saturated rings. The Balaban J connectivity index is 2.08. The molecule has 27 heavy (non-hydrogen) atoms. The fourth-order valence-corrected chi connectivity index (χ4v) is 4.37. The standard InChI is InChI=1S/C22H34Br2O3/c1-2-3-4-5-6-7-8-9-10-11-12-13-14-15-19(25)17-16-18(23)22(27)20(24)21(17)26/h16,26-27H,2-15H2,1H3. The Morgan fingerprint density at radius 3 is 1.70 bits per heavy atom. The molecule has 0 aliphatic carbocycles. The maximum atomic E-state index is 12.3. The van der Waals surface area contributed by atoms with Gasteiger partial charge in [0.25, 0.3) is 0 Å². The molecule has 0 atom stereocenters. The Bertz CT molecular complexity index is 573. The van der Waals surface area contributed by atoms with Crippen LogP contribution in [0.5, 0.6) is 11.5 Å². The molecule has 0 bridgehead atoms. The molecule has 0 radical (unpaired) electrons. The van der Waals surface area contributed by atoms with Gasteiger partial charge in [-0.3, -0.25) is 4.79 Å². The third kappa shape index (κ3) is 9.47. The molecule has 0 spiro atoms. The molecule has 5 heteroatoms. The zero-order valence-corrected chi connectivity index (χ0v) is 19.7. The second kappa shape index (κ2) is 14.4. The van der Waals surface area contributed by atoms with Gasteiger partial charge >= 0.3 is 0 Å². The fourth-order valence-electron chi connectivity index (χ4n) is 3.25. The molecule has 0 aromatic heterocycles. The minimum atomic E-state index is -0.185. The molecule has 0 saturated carbocycles. The van der Waals surface area contributed by atoms with Gasteiger partial charge in [0.15, 0.2) is 5.78 Å². The highest BCUT2D eigenvalue weighted by molar-refractivity contribution is 9.11. The lowest BCUT2D eigenvalue weighted by atomic mass is 10.0. The molecule has 0 amide bonds. The van der Waals surface area contributed by atoms with Crippen LogP contribution in [0.25, 0.3) is 0 Å². The number of phenols is 2. The van der Waals surface area contributed by atoms with E-state index in [1.807, 2.05) is 0 Å². The minimum Gasteiger partial charge on any atom is -0.506 e. The van der Waals surface area contributed by atoms with Crippen LogP contribution in [-0.2, 0) is 0 Å². The molecule has 0 aliphatic heterocycles. The summed E-state index contributed by atoms with van der Waals surface area (Å²) in [5.41, 5.74) is 0.255. The van der Waals surface area contributed by atoms with Gasteiger partial charge in [0, 0.05) is 6.42 Å². The third-order valence-electron chi connectivity index (χ3n) is 4.98. The number of hydrogen-bond donors (Lipinski definition) is 2. The fraction of sp³-hybridized carbons (Fsp3) is 0.682. The number of Topliss-reactive ketones (excluding diaryl/α,β-unsaturated/α-hetero) is 1. The van der Waals surface area contributed by atoms with Crippen LogP contribution in [0.1, 0.15) is 107 Å². The average Bonchev–Trinajstić information content (AvgIpc) is 2.66. The summed E-state index contributed by atoms with van der Waals surface area (Å²) in [6.07, 6.45) is 16.9. The number of aromatic hydroxyl groups is 2. The van der Waals surface area contributed by atoms with Gasteiger partial charge in [0.1, 0.15) is 16.0 Å². The van der Waals surface area contributed by atoms with Crippen LogP contribution in [0.15, 0.2) is 15.0 Å². The van der Waals surface area contributed by atoms with E-state index in [-0.39, 0.29) is 27.3 Å². The van der Waals surface area contributed by atoms with Gasteiger partial charge in [-0.25, -0.2) is 0 Å².